The minimum atomic E-state index is -3.71. The molecular weight excluding hydrogens is 427 g/mol. The molecule has 1 aliphatic rings. The molecule has 3 rings (SSSR count). The van der Waals surface area contributed by atoms with Crippen molar-refractivity contribution in [3.05, 3.63) is 58.3 Å². The number of sulfonamides is 1. The number of nitrogens with one attached hydrogen (secondary N) is 1. The van der Waals surface area contributed by atoms with E-state index in [9.17, 15) is 17.6 Å². The molecule has 2 aromatic rings. The maximum absolute atomic E-state index is 13.9. The van der Waals surface area contributed by atoms with Crippen LogP contribution in [0.3, 0.4) is 0 Å². The fourth-order valence-corrected chi connectivity index (χ4v) is 4.31. The molecular formula is C17H16BrFN2O4S. The summed E-state index contributed by atoms with van der Waals surface area (Å²) in [5.74, 6) is -1.19. The molecule has 138 valence electrons. The predicted molar refractivity (Wildman–Crippen MR) is 98.1 cm³/mol. The van der Waals surface area contributed by atoms with Gasteiger partial charge in [-0.05, 0) is 36.4 Å². The molecule has 26 heavy (non-hydrogen) atoms. The summed E-state index contributed by atoms with van der Waals surface area (Å²) in [5.41, 5.74) is 0.140. The first-order valence-electron chi connectivity index (χ1n) is 7.82. The summed E-state index contributed by atoms with van der Waals surface area (Å²) in [7, 11) is -3.71. The average Bonchev–Trinajstić information content (AvgIpc) is 2.65. The first-order chi connectivity index (χ1) is 12.4. The van der Waals surface area contributed by atoms with E-state index in [1.807, 2.05) is 0 Å². The molecule has 1 aliphatic heterocycles. The van der Waals surface area contributed by atoms with Crippen molar-refractivity contribution in [2.45, 2.75) is 4.90 Å². The highest BCUT2D eigenvalue weighted by atomic mass is 79.9. The van der Waals surface area contributed by atoms with Crippen LogP contribution in [0.4, 0.5) is 10.1 Å². The van der Waals surface area contributed by atoms with E-state index in [0.29, 0.717) is 17.7 Å². The maximum Gasteiger partial charge on any atom is 0.255 e. The van der Waals surface area contributed by atoms with Gasteiger partial charge in [-0.1, -0.05) is 22.0 Å². The summed E-state index contributed by atoms with van der Waals surface area (Å²) in [6.45, 7) is 1.20. The van der Waals surface area contributed by atoms with Crippen LogP contribution >= 0.6 is 15.9 Å². The van der Waals surface area contributed by atoms with Crippen LogP contribution < -0.4 is 5.32 Å². The zero-order valence-corrected chi connectivity index (χ0v) is 16.0. The average molecular weight is 443 g/mol. The highest BCUT2D eigenvalue weighted by Gasteiger charge is 2.27. The van der Waals surface area contributed by atoms with Gasteiger partial charge in [-0.15, -0.1) is 0 Å². The SMILES string of the molecule is O=C(Nc1ccc(Br)cc1F)c1cccc(S(=O)(=O)N2CCOCC2)c1. The zero-order valence-electron chi connectivity index (χ0n) is 13.6. The highest BCUT2D eigenvalue weighted by Crippen LogP contribution is 2.22. The van der Waals surface area contributed by atoms with Crippen molar-refractivity contribution in [2.75, 3.05) is 31.6 Å². The predicted octanol–water partition coefficient (Wildman–Crippen LogP) is 2.86. The van der Waals surface area contributed by atoms with Gasteiger partial charge in [0, 0.05) is 23.1 Å². The molecule has 0 saturated carbocycles. The third kappa shape index (κ3) is 4.12. The van der Waals surface area contributed by atoms with Crippen LogP contribution in [-0.4, -0.2) is 44.9 Å². The third-order valence-electron chi connectivity index (χ3n) is 3.88. The second kappa shape index (κ2) is 7.83. The molecule has 6 nitrogen and oxygen atoms in total. The van der Waals surface area contributed by atoms with E-state index in [1.54, 1.807) is 6.07 Å². The summed E-state index contributed by atoms with van der Waals surface area (Å²) in [5, 5.41) is 2.45. The zero-order chi connectivity index (χ0) is 18.7. The molecule has 1 saturated heterocycles. The minimum absolute atomic E-state index is 0.0136. The van der Waals surface area contributed by atoms with Crippen molar-refractivity contribution in [1.29, 1.82) is 0 Å². The Bertz CT molecular complexity index is 930. The van der Waals surface area contributed by atoms with E-state index in [0.717, 1.165) is 0 Å². The second-order valence-electron chi connectivity index (χ2n) is 5.62. The maximum atomic E-state index is 13.9. The molecule has 1 amide bonds. The lowest BCUT2D eigenvalue weighted by molar-refractivity contribution is 0.0730. The van der Waals surface area contributed by atoms with E-state index in [1.165, 1.54) is 40.7 Å². The van der Waals surface area contributed by atoms with E-state index in [4.69, 9.17) is 4.74 Å². The monoisotopic (exact) mass is 442 g/mol. The number of ether oxygens (including phenoxy) is 1. The van der Waals surface area contributed by atoms with E-state index in [2.05, 4.69) is 21.2 Å². The Hall–Kier alpha value is -1.81. The lowest BCUT2D eigenvalue weighted by Gasteiger charge is -2.26. The van der Waals surface area contributed by atoms with Gasteiger partial charge >= 0.3 is 0 Å². The molecule has 0 aliphatic carbocycles. The first-order valence-corrected chi connectivity index (χ1v) is 10.1. The summed E-state index contributed by atoms with van der Waals surface area (Å²) in [6, 6.07) is 9.93. The van der Waals surface area contributed by atoms with Crippen LogP contribution in [0.5, 0.6) is 0 Å². The summed E-state index contributed by atoms with van der Waals surface area (Å²) in [4.78, 5) is 12.4. The summed E-state index contributed by atoms with van der Waals surface area (Å²) >= 11 is 3.14. The largest absolute Gasteiger partial charge is 0.379 e. The topological polar surface area (TPSA) is 75.7 Å². The molecule has 2 aromatic carbocycles. The molecule has 0 radical (unpaired) electrons. The number of rotatable bonds is 4. The lowest BCUT2D eigenvalue weighted by atomic mass is 10.2. The van der Waals surface area contributed by atoms with Crippen LogP contribution in [0, 0.1) is 5.82 Å². The second-order valence-corrected chi connectivity index (χ2v) is 8.48. The van der Waals surface area contributed by atoms with Crippen LogP contribution in [0.15, 0.2) is 51.8 Å². The van der Waals surface area contributed by atoms with Gasteiger partial charge in [0.1, 0.15) is 5.82 Å². The van der Waals surface area contributed by atoms with Gasteiger partial charge in [-0.3, -0.25) is 4.79 Å². The van der Waals surface area contributed by atoms with E-state index >= 15 is 0 Å². The van der Waals surface area contributed by atoms with Crippen molar-refractivity contribution in [2.24, 2.45) is 0 Å². The van der Waals surface area contributed by atoms with Crippen LogP contribution in [0.25, 0.3) is 0 Å². The van der Waals surface area contributed by atoms with Crippen LogP contribution in [0.2, 0.25) is 0 Å². The van der Waals surface area contributed by atoms with Gasteiger partial charge in [0.05, 0.1) is 23.8 Å². The van der Waals surface area contributed by atoms with Gasteiger partial charge in [0.25, 0.3) is 5.91 Å². The normalized spacial score (nSPS) is 15.6. The standard InChI is InChI=1S/C17H16BrFN2O4S/c18-13-4-5-16(15(19)11-13)20-17(22)12-2-1-3-14(10-12)26(23,24)21-6-8-25-9-7-21/h1-5,10-11H,6-9H2,(H,20,22). The Morgan fingerprint density at radius 1 is 1.15 bits per heavy atom. The fourth-order valence-electron chi connectivity index (χ4n) is 2.52. The number of anilines is 1. The molecule has 9 heteroatoms. The Morgan fingerprint density at radius 3 is 2.58 bits per heavy atom. The molecule has 1 N–H and O–H groups in total. The van der Waals surface area contributed by atoms with Crippen molar-refractivity contribution in [3.63, 3.8) is 0 Å². The Balaban J connectivity index is 1.83. The van der Waals surface area contributed by atoms with Crippen molar-refractivity contribution >= 4 is 37.5 Å². The third-order valence-corrected chi connectivity index (χ3v) is 6.27. The molecule has 0 unspecified atom stereocenters. The summed E-state index contributed by atoms with van der Waals surface area (Å²) < 4.78 is 46.3. The van der Waals surface area contributed by atoms with E-state index < -0.39 is 21.7 Å². The van der Waals surface area contributed by atoms with Gasteiger partial charge in [-0.2, -0.15) is 4.31 Å². The molecule has 1 heterocycles. The van der Waals surface area contributed by atoms with Gasteiger partial charge in [0.15, 0.2) is 0 Å². The van der Waals surface area contributed by atoms with Crippen LogP contribution in [0.1, 0.15) is 10.4 Å². The number of hydrogen-bond donors (Lipinski definition) is 1. The smallest absolute Gasteiger partial charge is 0.255 e. The highest BCUT2D eigenvalue weighted by molar-refractivity contribution is 9.10. The number of morpholine rings is 1. The van der Waals surface area contributed by atoms with Crippen molar-refractivity contribution in [1.82, 2.24) is 4.31 Å². The fraction of sp³-hybridized carbons (Fsp3) is 0.235. The number of carbonyl (C=O) groups is 1. The summed E-state index contributed by atoms with van der Waals surface area (Å²) in [6.07, 6.45) is 0. The van der Waals surface area contributed by atoms with Gasteiger partial charge in [0.2, 0.25) is 10.0 Å². The lowest BCUT2D eigenvalue weighted by Crippen LogP contribution is -2.40. The molecule has 1 fully saturated rings. The number of carbonyl (C=O) groups excluding carboxylic acids is 1. The van der Waals surface area contributed by atoms with Crippen molar-refractivity contribution < 1.29 is 22.3 Å². The first kappa shape index (κ1) is 19.0. The molecule has 0 spiro atoms. The van der Waals surface area contributed by atoms with E-state index in [-0.39, 0.29) is 29.2 Å². The molecule has 0 aromatic heterocycles. The Kier molecular flexibility index (Phi) is 5.71. The number of benzene rings is 2. The van der Waals surface area contributed by atoms with Gasteiger partial charge in [-0.25, -0.2) is 12.8 Å². The van der Waals surface area contributed by atoms with Crippen LogP contribution in [-0.2, 0) is 14.8 Å². The number of halogens is 2. The number of hydrogen-bond acceptors (Lipinski definition) is 4. The van der Waals surface area contributed by atoms with Crippen molar-refractivity contribution in [3.8, 4) is 0 Å². The quantitative estimate of drug-likeness (QED) is 0.789. The van der Waals surface area contributed by atoms with Gasteiger partial charge < -0.3 is 10.1 Å². The number of nitrogens with zero attached hydrogens (tertiary/aromatic N) is 1. The Labute approximate surface area is 159 Å². The molecule has 0 bridgehead atoms. The minimum Gasteiger partial charge on any atom is -0.379 e. The number of amides is 1. The molecule has 0 atom stereocenters. The Morgan fingerprint density at radius 2 is 1.88 bits per heavy atom.